The summed E-state index contributed by atoms with van der Waals surface area (Å²) in [4.78, 5) is 15.9. The second-order valence-electron chi connectivity index (χ2n) is 12.3. The maximum absolute atomic E-state index is 13.8. The summed E-state index contributed by atoms with van der Waals surface area (Å²) in [6.07, 6.45) is 5.40. The Kier molecular flexibility index (Phi) is 7.78. The van der Waals surface area contributed by atoms with Crippen LogP contribution in [-0.4, -0.2) is 21.7 Å². The Bertz CT molecular complexity index is 2410. The molecule has 2 N–H and O–H groups in total. The Morgan fingerprint density at radius 1 is 0.600 bits per heavy atom. The molecule has 2 aliphatic carbocycles. The van der Waals surface area contributed by atoms with Gasteiger partial charge in [-0.25, -0.2) is 0 Å². The van der Waals surface area contributed by atoms with Gasteiger partial charge >= 0.3 is 0 Å². The third-order valence-electron chi connectivity index (χ3n) is 9.27. The van der Waals surface area contributed by atoms with Crippen LogP contribution in [0, 0.1) is 0 Å². The number of carbonyl (C=O) groups is 1. The lowest BCUT2D eigenvalue weighted by molar-refractivity contribution is -0.111. The Balaban J connectivity index is 1.17. The number of aliphatic hydroxyl groups excluding tert-OH is 1. The van der Waals surface area contributed by atoms with E-state index in [2.05, 4.69) is 33.7 Å². The van der Waals surface area contributed by atoms with Gasteiger partial charge in [-0.3, -0.25) is 4.79 Å². The summed E-state index contributed by atoms with van der Waals surface area (Å²) in [5, 5.41) is 25.0. The first-order valence-corrected chi connectivity index (χ1v) is 16.5. The van der Waals surface area contributed by atoms with E-state index in [9.17, 15) is 15.0 Å². The van der Waals surface area contributed by atoms with E-state index in [0.717, 1.165) is 50.5 Å². The van der Waals surface area contributed by atoms with Crippen LogP contribution >= 0.6 is 0 Å². The number of para-hydroxylation sites is 3. The van der Waals surface area contributed by atoms with Crippen LogP contribution in [0.3, 0.4) is 0 Å². The van der Waals surface area contributed by atoms with Gasteiger partial charge in [0, 0.05) is 75.5 Å². The molecule has 0 aliphatic heterocycles. The Morgan fingerprint density at radius 2 is 1.22 bits per heavy atom. The van der Waals surface area contributed by atoms with Crippen molar-refractivity contribution in [2.45, 2.75) is 6.92 Å². The highest BCUT2D eigenvalue weighted by atomic mass is 16.3. The predicted molar refractivity (Wildman–Crippen MR) is 204 cm³/mol. The lowest BCUT2D eigenvalue weighted by Gasteiger charge is -2.29. The van der Waals surface area contributed by atoms with Crippen molar-refractivity contribution >= 4 is 56.3 Å². The van der Waals surface area contributed by atoms with Crippen molar-refractivity contribution < 1.29 is 15.0 Å². The highest BCUT2D eigenvalue weighted by molar-refractivity contribution is 6.40. The zero-order valence-corrected chi connectivity index (χ0v) is 27.4. The number of hydrogen-bond acceptors (Lipinski definition) is 4. The second kappa shape index (κ2) is 12.7. The van der Waals surface area contributed by atoms with Gasteiger partial charge in [-0.2, -0.15) is 4.58 Å². The van der Waals surface area contributed by atoms with Crippen LogP contribution in [0.15, 0.2) is 192 Å². The van der Waals surface area contributed by atoms with Gasteiger partial charge < -0.3 is 15.1 Å². The largest absolute Gasteiger partial charge is 0.507 e. The standard InChI is InChI=1S/C45H32N2O3/c1-30-43(38-26-24-35(28-41(38)48)46(32-16-5-2-6-17-32)33-18-7-3-8-19-33)45(50)44(30)39-27-25-36(29-42(39)49)47(34-20-9-4-10-21-34)40-23-13-15-31-14-11-12-22-37(31)40/h2-29H,1H3,(H,48,49)/p+1. The Hall–Kier alpha value is -6.72. The molecule has 5 heteroatoms. The van der Waals surface area contributed by atoms with E-state index in [1.54, 1.807) is 24.3 Å². The zero-order chi connectivity index (χ0) is 34.2. The van der Waals surface area contributed by atoms with E-state index in [-0.39, 0.29) is 17.3 Å². The van der Waals surface area contributed by atoms with Gasteiger partial charge in [-0.05, 0) is 54.3 Å². The van der Waals surface area contributed by atoms with E-state index in [1.807, 2.05) is 128 Å². The van der Waals surface area contributed by atoms with Crippen LogP contribution < -0.4 is 9.48 Å². The maximum Gasteiger partial charge on any atom is 0.215 e. The Labute approximate surface area is 290 Å². The van der Waals surface area contributed by atoms with Crippen molar-refractivity contribution in [2.75, 3.05) is 4.90 Å². The lowest BCUT2D eigenvalue weighted by Crippen LogP contribution is -2.23. The molecule has 0 saturated carbocycles. The quantitative estimate of drug-likeness (QED) is 0.139. The van der Waals surface area contributed by atoms with E-state index >= 15 is 0 Å². The smallest absolute Gasteiger partial charge is 0.215 e. The molecule has 0 spiro atoms. The van der Waals surface area contributed by atoms with Crippen LogP contribution in [0.25, 0.3) is 16.3 Å². The SMILES string of the molecule is CC1=C(c2ccc(N(c3ccccc3)c3cccc4ccccc34)cc2O)C(=O)/C1=C1\C=CC(=[N+](c2ccccc2)c2ccccc2)C=C1O. The summed E-state index contributed by atoms with van der Waals surface area (Å²) in [6, 6.07) is 49.8. The summed E-state index contributed by atoms with van der Waals surface area (Å²) in [7, 11) is 0. The number of anilines is 3. The number of aliphatic hydroxyl groups is 1. The van der Waals surface area contributed by atoms with Crippen LogP contribution in [0.4, 0.5) is 28.4 Å². The maximum atomic E-state index is 13.8. The summed E-state index contributed by atoms with van der Waals surface area (Å²) < 4.78 is 2.06. The first kappa shape index (κ1) is 30.6. The molecule has 0 saturated heterocycles. The number of allylic oxidation sites excluding steroid dienone is 6. The third kappa shape index (κ3) is 5.31. The molecule has 6 aromatic rings. The number of phenols is 1. The van der Waals surface area contributed by atoms with Gasteiger partial charge in [0.05, 0.1) is 11.8 Å². The topological polar surface area (TPSA) is 63.8 Å². The van der Waals surface area contributed by atoms with Crippen molar-refractivity contribution in [2.24, 2.45) is 0 Å². The van der Waals surface area contributed by atoms with E-state index in [1.165, 1.54) is 0 Å². The van der Waals surface area contributed by atoms with Crippen LogP contribution in [0.2, 0.25) is 0 Å². The minimum Gasteiger partial charge on any atom is -0.507 e. The van der Waals surface area contributed by atoms with Crippen molar-refractivity contribution in [3.63, 3.8) is 0 Å². The lowest BCUT2D eigenvalue weighted by atomic mass is 9.75. The molecule has 0 radical (unpaired) electrons. The van der Waals surface area contributed by atoms with Crippen LogP contribution in [0.1, 0.15) is 12.5 Å². The molecule has 0 fully saturated rings. The number of hydrogen-bond donors (Lipinski definition) is 2. The molecule has 0 bridgehead atoms. The summed E-state index contributed by atoms with van der Waals surface area (Å²) in [5.74, 6) is -0.203. The minimum atomic E-state index is -0.217. The van der Waals surface area contributed by atoms with E-state index in [0.29, 0.717) is 22.3 Å². The van der Waals surface area contributed by atoms with Gasteiger partial charge in [0.15, 0.2) is 5.78 Å². The fourth-order valence-electron chi connectivity index (χ4n) is 6.93. The van der Waals surface area contributed by atoms with Crippen molar-refractivity contribution in [1.29, 1.82) is 0 Å². The number of Topliss-reactive ketones (excluding diaryl/α,β-unsaturated/α-hetero) is 1. The van der Waals surface area contributed by atoms with Crippen LogP contribution in [0.5, 0.6) is 5.75 Å². The van der Waals surface area contributed by atoms with Crippen molar-refractivity contribution in [1.82, 2.24) is 4.58 Å². The van der Waals surface area contributed by atoms with Gasteiger partial charge in [0.1, 0.15) is 11.5 Å². The van der Waals surface area contributed by atoms with E-state index < -0.39 is 0 Å². The zero-order valence-electron chi connectivity index (χ0n) is 27.4. The summed E-state index contributed by atoms with van der Waals surface area (Å²) in [5.41, 5.74) is 7.87. The van der Waals surface area contributed by atoms with E-state index in [4.69, 9.17) is 0 Å². The normalized spacial score (nSPS) is 15.6. The first-order chi connectivity index (χ1) is 24.5. The number of benzene rings is 6. The van der Waals surface area contributed by atoms with Crippen molar-refractivity contribution in [3.8, 4) is 5.75 Å². The molecular weight excluding hydrogens is 617 g/mol. The highest BCUT2D eigenvalue weighted by Gasteiger charge is 2.37. The van der Waals surface area contributed by atoms with Crippen molar-refractivity contribution in [3.05, 3.63) is 198 Å². The van der Waals surface area contributed by atoms with Gasteiger partial charge in [0.2, 0.25) is 17.1 Å². The fraction of sp³-hybridized carbons (Fsp3) is 0.0222. The van der Waals surface area contributed by atoms with Crippen LogP contribution in [-0.2, 0) is 4.79 Å². The first-order valence-electron chi connectivity index (χ1n) is 16.5. The monoisotopic (exact) mass is 649 g/mol. The average molecular weight is 650 g/mol. The molecule has 50 heavy (non-hydrogen) atoms. The molecule has 240 valence electrons. The minimum absolute atomic E-state index is 0.00588. The number of fused-ring (bicyclic) bond motifs is 1. The molecule has 6 aromatic carbocycles. The average Bonchev–Trinajstić information content (AvgIpc) is 3.15. The number of phenolic OH excluding ortho intramolecular Hbond substituents is 1. The molecule has 0 unspecified atom stereocenters. The fourth-order valence-corrected chi connectivity index (χ4v) is 6.93. The summed E-state index contributed by atoms with van der Waals surface area (Å²) in [6.45, 7) is 1.86. The van der Waals surface area contributed by atoms with Gasteiger partial charge in [0.25, 0.3) is 0 Å². The summed E-state index contributed by atoms with van der Waals surface area (Å²) >= 11 is 0. The molecule has 0 heterocycles. The number of carbonyl (C=O) groups excluding carboxylic acids is 1. The second-order valence-corrected chi connectivity index (χ2v) is 12.3. The molecule has 2 aliphatic rings. The van der Waals surface area contributed by atoms with Gasteiger partial charge in [-0.15, -0.1) is 0 Å². The number of ketones is 1. The molecule has 5 nitrogen and oxygen atoms in total. The molecular formula is C45H33N2O3+. The number of nitrogens with zero attached hydrogens (tertiary/aromatic N) is 2. The number of aromatic hydroxyl groups is 1. The third-order valence-corrected chi connectivity index (χ3v) is 9.27. The Morgan fingerprint density at radius 3 is 1.86 bits per heavy atom. The molecule has 0 aromatic heterocycles. The van der Waals surface area contributed by atoms with Gasteiger partial charge in [-0.1, -0.05) is 91.0 Å². The predicted octanol–water partition coefficient (Wildman–Crippen LogP) is 10.7. The number of rotatable bonds is 6. The highest BCUT2D eigenvalue weighted by Crippen LogP contribution is 2.46. The molecule has 0 amide bonds. The molecule has 8 rings (SSSR count). The molecule has 0 atom stereocenters.